The summed E-state index contributed by atoms with van der Waals surface area (Å²) in [5.74, 6) is 1.89. The SMILES string of the molecule is CCOc1ccc(SCC(=O)N(C)CCC(N)C(C)C)cc1. The van der Waals surface area contributed by atoms with Gasteiger partial charge in [0.25, 0.3) is 0 Å². The number of nitrogens with zero attached hydrogens (tertiary/aromatic N) is 1. The summed E-state index contributed by atoms with van der Waals surface area (Å²) in [4.78, 5) is 14.9. The monoisotopic (exact) mass is 324 g/mol. The molecule has 1 atom stereocenters. The highest BCUT2D eigenvalue weighted by Crippen LogP contribution is 2.21. The number of benzene rings is 1. The van der Waals surface area contributed by atoms with Gasteiger partial charge in [-0.3, -0.25) is 4.79 Å². The highest BCUT2D eigenvalue weighted by Gasteiger charge is 2.13. The lowest BCUT2D eigenvalue weighted by molar-refractivity contribution is -0.127. The first-order valence-corrected chi connectivity index (χ1v) is 8.77. The van der Waals surface area contributed by atoms with Crippen LogP contribution in [0.25, 0.3) is 0 Å². The zero-order valence-corrected chi connectivity index (χ0v) is 14.9. The van der Waals surface area contributed by atoms with Crippen LogP contribution < -0.4 is 10.5 Å². The summed E-state index contributed by atoms with van der Waals surface area (Å²) in [5, 5.41) is 0. The second kappa shape index (κ2) is 9.74. The maximum absolute atomic E-state index is 12.1. The van der Waals surface area contributed by atoms with Crippen LogP contribution in [0.2, 0.25) is 0 Å². The molecule has 1 unspecified atom stereocenters. The van der Waals surface area contributed by atoms with E-state index in [1.807, 2.05) is 38.2 Å². The molecule has 0 heterocycles. The summed E-state index contributed by atoms with van der Waals surface area (Å²) >= 11 is 1.55. The van der Waals surface area contributed by atoms with Crippen molar-refractivity contribution < 1.29 is 9.53 Å². The molecule has 0 aromatic heterocycles. The fourth-order valence-electron chi connectivity index (χ4n) is 1.85. The van der Waals surface area contributed by atoms with Gasteiger partial charge in [-0.2, -0.15) is 0 Å². The van der Waals surface area contributed by atoms with E-state index in [-0.39, 0.29) is 11.9 Å². The van der Waals surface area contributed by atoms with Gasteiger partial charge in [-0.05, 0) is 43.5 Å². The number of hydrogen-bond acceptors (Lipinski definition) is 4. The average molecular weight is 324 g/mol. The third-order valence-corrected chi connectivity index (χ3v) is 4.57. The largest absolute Gasteiger partial charge is 0.494 e. The van der Waals surface area contributed by atoms with Crippen molar-refractivity contribution >= 4 is 17.7 Å². The van der Waals surface area contributed by atoms with Crippen LogP contribution in [-0.4, -0.2) is 42.8 Å². The molecule has 0 aliphatic heterocycles. The number of amides is 1. The summed E-state index contributed by atoms with van der Waals surface area (Å²) in [6.07, 6.45) is 0.841. The van der Waals surface area contributed by atoms with Gasteiger partial charge < -0.3 is 15.4 Å². The van der Waals surface area contributed by atoms with Crippen molar-refractivity contribution in [3.8, 4) is 5.75 Å². The Kier molecular flexibility index (Phi) is 8.35. The zero-order chi connectivity index (χ0) is 16.5. The predicted molar refractivity (Wildman–Crippen MR) is 93.4 cm³/mol. The van der Waals surface area contributed by atoms with Gasteiger partial charge >= 0.3 is 0 Å². The molecule has 5 heteroatoms. The minimum absolute atomic E-state index is 0.134. The van der Waals surface area contributed by atoms with E-state index in [0.29, 0.717) is 24.8 Å². The molecule has 0 spiro atoms. The average Bonchev–Trinajstić information content (AvgIpc) is 2.51. The van der Waals surface area contributed by atoms with E-state index < -0.39 is 0 Å². The van der Waals surface area contributed by atoms with Crippen molar-refractivity contribution in [1.82, 2.24) is 4.90 Å². The molecule has 0 aliphatic rings. The first-order valence-electron chi connectivity index (χ1n) is 7.79. The minimum Gasteiger partial charge on any atom is -0.494 e. The van der Waals surface area contributed by atoms with Gasteiger partial charge in [-0.25, -0.2) is 0 Å². The van der Waals surface area contributed by atoms with Crippen molar-refractivity contribution in [3.05, 3.63) is 24.3 Å². The second-order valence-corrected chi connectivity index (χ2v) is 6.75. The van der Waals surface area contributed by atoms with E-state index in [1.165, 1.54) is 0 Å². The number of thioether (sulfide) groups is 1. The lowest BCUT2D eigenvalue weighted by atomic mass is 10.0. The Morgan fingerprint density at radius 3 is 2.50 bits per heavy atom. The van der Waals surface area contributed by atoms with Crippen LogP contribution in [0.5, 0.6) is 5.75 Å². The molecule has 0 saturated carbocycles. The number of carbonyl (C=O) groups excluding carboxylic acids is 1. The molecule has 1 amide bonds. The Bertz CT molecular complexity index is 448. The summed E-state index contributed by atoms with van der Waals surface area (Å²) < 4.78 is 5.40. The smallest absolute Gasteiger partial charge is 0.232 e. The van der Waals surface area contributed by atoms with E-state index in [9.17, 15) is 4.79 Å². The lowest BCUT2D eigenvalue weighted by Gasteiger charge is -2.21. The van der Waals surface area contributed by atoms with E-state index in [1.54, 1.807) is 16.7 Å². The summed E-state index contributed by atoms with van der Waals surface area (Å²) in [6.45, 7) is 7.54. The Morgan fingerprint density at radius 2 is 1.95 bits per heavy atom. The minimum atomic E-state index is 0.134. The standard InChI is InChI=1S/C17H28N2O2S/c1-5-21-14-6-8-15(9-7-14)22-12-17(20)19(4)11-10-16(18)13(2)3/h6-9,13,16H,5,10-12,18H2,1-4H3. The van der Waals surface area contributed by atoms with Gasteiger partial charge in [-0.1, -0.05) is 13.8 Å². The van der Waals surface area contributed by atoms with E-state index in [0.717, 1.165) is 17.1 Å². The zero-order valence-electron chi connectivity index (χ0n) is 14.0. The quantitative estimate of drug-likeness (QED) is 0.710. The maximum atomic E-state index is 12.1. The van der Waals surface area contributed by atoms with Crippen LogP contribution in [0.3, 0.4) is 0 Å². The Hall–Kier alpha value is -1.20. The molecule has 0 saturated heterocycles. The summed E-state index contributed by atoms with van der Waals surface area (Å²) in [5.41, 5.74) is 6.01. The number of carbonyl (C=O) groups is 1. The Labute approximate surface area is 138 Å². The van der Waals surface area contributed by atoms with Gasteiger partial charge in [0.15, 0.2) is 0 Å². The van der Waals surface area contributed by atoms with Crippen LogP contribution in [0.1, 0.15) is 27.2 Å². The van der Waals surface area contributed by atoms with Crippen LogP contribution in [0.15, 0.2) is 29.2 Å². The van der Waals surface area contributed by atoms with Crippen molar-refractivity contribution in [2.75, 3.05) is 26.0 Å². The first-order chi connectivity index (χ1) is 10.4. The van der Waals surface area contributed by atoms with Crippen molar-refractivity contribution in [2.45, 2.75) is 38.1 Å². The van der Waals surface area contributed by atoms with Gasteiger partial charge in [-0.15, -0.1) is 11.8 Å². The molecular weight excluding hydrogens is 296 g/mol. The van der Waals surface area contributed by atoms with Crippen molar-refractivity contribution in [2.24, 2.45) is 11.7 Å². The van der Waals surface area contributed by atoms with E-state index in [4.69, 9.17) is 10.5 Å². The van der Waals surface area contributed by atoms with Crippen LogP contribution in [0.4, 0.5) is 0 Å². The predicted octanol–water partition coefficient (Wildman–Crippen LogP) is 3.01. The van der Waals surface area contributed by atoms with E-state index >= 15 is 0 Å². The molecule has 1 aromatic carbocycles. The lowest BCUT2D eigenvalue weighted by Crippen LogP contribution is -2.35. The first kappa shape index (κ1) is 18.8. The molecule has 0 radical (unpaired) electrons. The Balaban J connectivity index is 2.35. The second-order valence-electron chi connectivity index (χ2n) is 5.70. The normalized spacial score (nSPS) is 12.3. The molecule has 22 heavy (non-hydrogen) atoms. The summed E-state index contributed by atoms with van der Waals surface area (Å²) in [6, 6.07) is 7.98. The molecule has 124 valence electrons. The molecule has 0 bridgehead atoms. The van der Waals surface area contributed by atoms with Crippen LogP contribution in [-0.2, 0) is 4.79 Å². The highest BCUT2D eigenvalue weighted by molar-refractivity contribution is 8.00. The molecule has 0 aliphatic carbocycles. The molecule has 1 aromatic rings. The molecule has 2 N–H and O–H groups in total. The topological polar surface area (TPSA) is 55.6 Å². The van der Waals surface area contributed by atoms with Gasteiger partial charge in [0.2, 0.25) is 5.91 Å². The van der Waals surface area contributed by atoms with Gasteiger partial charge in [0.1, 0.15) is 5.75 Å². The molecule has 0 fully saturated rings. The third kappa shape index (κ3) is 6.71. The fraction of sp³-hybridized carbons (Fsp3) is 0.588. The van der Waals surface area contributed by atoms with Crippen LogP contribution in [0, 0.1) is 5.92 Å². The third-order valence-electron chi connectivity index (χ3n) is 3.58. The molecular formula is C17H28N2O2S. The number of ether oxygens (including phenoxy) is 1. The number of hydrogen-bond donors (Lipinski definition) is 1. The van der Waals surface area contributed by atoms with Gasteiger partial charge in [0.05, 0.1) is 12.4 Å². The maximum Gasteiger partial charge on any atom is 0.232 e. The molecule has 4 nitrogen and oxygen atoms in total. The number of rotatable bonds is 9. The fourth-order valence-corrected chi connectivity index (χ4v) is 2.69. The number of nitrogens with two attached hydrogens (primary N) is 1. The van der Waals surface area contributed by atoms with Crippen LogP contribution >= 0.6 is 11.8 Å². The molecule has 1 rings (SSSR count). The van der Waals surface area contributed by atoms with Gasteiger partial charge in [0, 0.05) is 24.5 Å². The highest BCUT2D eigenvalue weighted by atomic mass is 32.2. The Morgan fingerprint density at radius 1 is 1.32 bits per heavy atom. The summed E-state index contributed by atoms with van der Waals surface area (Å²) in [7, 11) is 1.84. The van der Waals surface area contributed by atoms with E-state index in [2.05, 4.69) is 13.8 Å². The van der Waals surface area contributed by atoms with Crippen molar-refractivity contribution in [3.63, 3.8) is 0 Å². The van der Waals surface area contributed by atoms with Crippen molar-refractivity contribution in [1.29, 1.82) is 0 Å².